The number of hydrogen-bond donors (Lipinski definition) is 0. The lowest BCUT2D eigenvalue weighted by molar-refractivity contribution is 0.108. The van der Waals surface area contributed by atoms with Crippen molar-refractivity contribution in [2.75, 3.05) is 7.11 Å². The van der Waals surface area contributed by atoms with Crippen LogP contribution in [-0.2, 0) is 25.4 Å². The molecule has 2 heterocycles. The molecule has 25 heavy (non-hydrogen) atoms. The molecule has 0 saturated carbocycles. The van der Waals surface area contributed by atoms with Gasteiger partial charge in [-0.25, -0.2) is 9.78 Å². The summed E-state index contributed by atoms with van der Waals surface area (Å²) >= 11 is 0. The quantitative estimate of drug-likeness (QED) is 0.748. The maximum absolute atomic E-state index is 12.4. The highest BCUT2D eigenvalue weighted by Gasteiger charge is 2.14. The molecule has 2 rings (SSSR count). The Morgan fingerprint density at radius 1 is 1.12 bits per heavy atom. The second-order valence-electron chi connectivity index (χ2n) is 5.37. The average molecular weight is 354 g/mol. The van der Waals surface area contributed by atoms with Crippen LogP contribution in [0.2, 0.25) is 0 Å². The van der Waals surface area contributed by atoms with Gasteiger partial charge in [-0.05, 0) is 26.2 Å². The van der Waals surface area contributed by atoms with Gasteiger partial charge in [0.2, 0.25) is 0 Å². The van der Waals surface area contributed by atoms with Crippen LogP contribution >= 0.6 is 0 Å². The van der Waals surface area contributed by atoms with Crippen LogP contribution < -0.4 is 11.2 Å². The van der Waals surface area contributed by atoms with Crippen LogP contribution in [0.3, 0.4) is 0 Å². The fraction of sp³-hybridized carbons (Fsp3) is 0.722. The molecule has 7 heteroatoms. The Morgan fingerprint density at radius 2 is 1.72 bits per heavy atom. The molecule has 0 radical (unpaired) electrons. The number of aromatic nitrogens is 4. The number of imidazole rings is 1. The van der Waals surface area contributed by atoms with Crippen LogP contribution in [0.5, 0.6) is 0 Å². The Labute approximate surface area is 150 Å². The lowest BCUT2D eigenvalue weighted by Crippen LogP contribution is -2.39. The number of nitrogens with zero attached hydrogens (tertiary/aromatic N) is 4. The SMILES string of the molecule is CC.CC.CO[C@H](C)CCCCn1c(=O)c2c(ncn2C)n(C)c1=O. The maximum atomic E-state index is 12.4. The highest BCUT2D eigenvalue weighted by Crippen LogP contribution is 2.06. The van der Waals surface area contributed by atoms with E-state index in [1.807, 2.05) is 34.6 Å². The molecule has 0 aliphatic rings. The molecule has 2 aromatic rings. The van der Waals surface area contributed by atoms with E-state index in [1.54, 1.807) is 32.1 Å². The van der Waals surface area contributed by atoms with Crippen molar-refractivity contribution in [1.82, 2.24) is 18.7 Å². The molecule has 0 fully saturated rings. The zero-order valence-corrected chi connectivity index (χ0v) is 17.0. The van der Waals surface area contributed by atoms with Gasteiger partial charge in [-0.15, -0.1) is 0 Å². The maximum Gasteiger partial charge on any atom is 0.332 e. The van der Waals surface area contributed by atoms with Crippen LogP contribution in [0.15, 0.2) is 15.9 Å². The van der Waals surface area contributed by atoms with Crippen molar-refractivity contribution >= 4 is 11.2 Å². The molecule has 0 bridgehead atoms. The van der Waals surface area contributed by atoms with Crippen molar-refractivity contribution in [3.8, 4) is 0 Å². The molecule has 0 unspecified atom stereocenters. The molecule has 144 valence electrons. The predicted molar refractivity (Wildman–Crippen MR) is 103 cm³/mol. The van der Waals surface area contributed by atoms with Crippen molar-refractivity contribution in [3.63, 3.8) is 0 Å². The largest absolute Gasteiger partial charge is 0.382 e. The Hall–Kier alpha value is -1.89. The van der Waals surface area contributed by atoms with Gasteiger partial charge in [0, 0.05) is 27.7 Å². The molecule has 0 spiro atoms. The number of ether oxygens (including phenoxy) is 1. The number of fused-ring (bicyclic) bond motifs is 1. The first kappa shape index (κ1) is 23.1. The van der Waals surface area contributed by atoms with Gasteiger partial charge < -0.3 is 9.30 Å². The molecule has 0 N–H and O–H groups in total. The van der Waals surface area contributed by atoms with Crippen molar-refractivity contribution in [1.29, 1.82) is 0 Å². The Balaban J connectivity index is 0.00000134. The van der Waals surface area contributed by atoms with E-state index in [0.29, 0.717) is 17.7 Å². The smallest absolute Gasteiger partial charge is 0.332 e. The van der Waals surface area contributed by atoms with E-state index in [1.165, 1.54) is 9.13 Å². The summed E-state index contributed by atoms with van der Waals surface area (Å²) in [6, 6.07) is 0. The Morgan fingerprint density at radius 3 is 2.28 bits per heavy atom. The first-order valence-electron chi connectivity index (χ1n) is 9.11. The van der Waals surface area contributed by atoms with Crippen molar-refractivity contribution in [2.24, 2.45) is 14.1 Å². The molecule has 0 saturated heterocycles. The van der Waals surface area contributed by atoms with Crippen LogP contribution in [-0.4, -0.2) is 31.9 Å². The fourth-order valence-corrected chi connectivity index (χ4v) is 2.41. The minimum Gasteiger partial charge on any atom is -0.382 e. The second-order valence-corrected chi connectivity index (χ2v) is 5.37. The normalized spacial score (nSPS) is 11.4. The molecular weight excluding hydrogens is 320 g/mol. The highest BCUT2D eigenvalue weighted by molar-refractivity contribution is 5.69. The lowest BCUT2D eigenvalue weighted by Gasteiger charge is -2.10. The monoisotopic (exact) mass is 354 g/mol. The Bertz CT molecular complexity index is 743. The molecule has 2 aromatic heterocycles. The molecule has 0 aromatic carbocycles. The topological polar surface area (TPSA) is 71.1 Å². The minimum atomic E-state index is -0.314. The van der Waals surface area contributed by atoms with E-state index in [9.17, 15) is 9.59 Å². The second kappa shape index (κ2) is 11.6. The summed E-state index contributed by atoms with van der Waals surface area (Å²) in [5, 5.41) is 0. The van der Waals surface area contributed by atoms with Gasteiger partial charge in [0.15, 0.2) is 11.2 Å². The highest BCUT2D eigenvalue weighted by atomic mass is 16.5. The number of hydrogen-bond acceptors (Lipinski definition) is 4. The number of unbranched alkanes of at least 4 members (excludes halogenated alkanes) is 1. The predicted octanol–water partition coefficient (Wildman–Crippen LogP) is 2.69. The van der Waals surface area contributed by atoms with E-state index in [-0.39, 0.29) is 17.4 Å². The van der Waals surface area contributed by atoms with Crippen molar-refractivity contribution in [3.05, 3.63) is 27.2 Å². The zero-order chi connectivity index (χ0) is 19.6. The standard InChI is InChI=1S/C14H22N4O3.2C2H6/c1-10(21-4)7-5-6-8-18-13(19)11-12(15-9-16(11)2)17(3)14(18)20;2*1-2/h9-10H,5-8H2,1-4H3;2*1-2H3/t10-;;/m1../s1. The summed E-state index contributed by atoms with van der Waals surface area (Å²) in [5.41, 5.74) is 0.304. The van der Waals surface area contributed by atoms with E-state index in [0.717, 1.165) is 19.3 Å². The molecular formula is C18H34N4O3. The van der Waals surface area contributed by atoms with E-state index < -0.39 is 0 Å². The first-order valence-corrected chi connectivity index (χ1v) is 9.11. The molecule has 0 amide bonds. The van der Waals surface area contributed by atoms with Gasteiger partial charge in [-0.1, -0.05) is 27.7 Å². The first-order chi connectivity index (χ1) is 12.0. The van der Waals surface area contributed by atoms with Crippen LogP contribution in [0, 0.1) is 0 Å². The van der Waals surface area contributed by atoms with Gasteiger partial charge in [0.1, 0.15) is 0 Å². The summed E-state index contributed by atoms with van der Waals surface area (Å²) in [6.45, 7) is 10.4. The van der Waals surface area contributed by atoms with Crippen molar-refractivity contribution < 1.29 is 4.74 Å². The third-order valence-corrected chi connectivity index (χ3v) is 3.85. The van der Waals surface area contributed by atoms with Crippen molar-refractivity contribution in [2.45, 2.75) is 66.5 Å². The van der Waals surface area contributed by atoms with Crippen LogP contribution in [0.4, 0.5) is 0 Å². The van der Waals surface area contributed by atoms with E-state index in [4.69, 9.17) is 4.74 Å². The summed E-state index contributed by atoms with van der Waals surface area (Å²) in [4.78, 5) is 28.8. The van der Waals surface area contributed by atoms with Gasteiger partial charge in [-0.3, -0.25) is 13.9 Å². The Kier molecular flexibility index (Phi) is 10.7. The third kappa shape index (κ3) is 5.56. The van der Waals surface area contributed by atoms with E-state index >= 15 is 0 Å². The molecule has 7 nitrogen and oxygen atoms in total. The zero-order valence-electron chi connectivity index (χ0n) is 17.0. The summed E-state index contributed by atoms with van der Waals surface area (Å²) < 4.78 is 9.56. The van der Waals surface area contributed by atoms with Gasteiger partial charge >= 0.3 is 5.69 Å². The van der Waals surface area contributed by atoms with Gasteiger partial charge in [-0.2, -0.15) is 0 Å². The summed E-state index contributed by atoms with van der Waals surface area (Å²) in [5.74, 6) is 0. The molecule has 0 aliphatic carbocycles. The van der Waals surface area contributed by atoms with Crippen LogP contribution in [0.25, 0.3) is 11.2 Å². The molecule has 1 atom stereocenters. The minimum absolute atomic E-state index is 0.198. The number of rotatable bonds is 6. The third-order valence-electron chi connectivity index (χ3n) is 3.85. The average Bonchev–Trinajstić information content (AvgIpc) is 3.04. The molecule has 0 aliphatic heterocycles. The number of methoxy groups -OCH3 is 1. The van der Waals surface area contributed by atoms with Crippen LogP contribution in [0.1, 0.15) is 53.9 Å². The van der Waals surface area contributed by atoms with Gasteiger partial charge in [0.25, 0.3) is 5.56 Å². The fourth-order valence-electron chi connectivity index (χ4n) is 2.41. The summed E-state index contributed by atoms with van der Waals surface area (Å²) in [7, 11) is 5.08. The van der Waals surface area contributed by atoms with E-state index in [2.05, 4.69) is 4.98 Å². The lowest BCUT2D eigenvalue weighted by atomic mass is 10.2. The summed E-state index contributed by atoms with van der Waals surface area (Å²) in [6.07, 6.45) is 4.35. The van der Waals surface area contributed by atoms with Gasteiger partial charge in [0.05, 0.1) is 12.4 Å². The number of aryl methyl sites for hydroxylation is 2.